The predicted octanol–water partition coefficient (Wildman–Crippen LogP) is 2.76. The SMILES string of the molecule is FC[C@@H](c1cc(C(F)(F)F)ccc1F)N1CCNCC1. The quantitative estimate of drug-likeness (QED) is 0.862. The maximum absolute atomic E-state index is 13.8. The third kappa shape index (κ3) is 3.27. The van der Waals surface area contributed by atoms with Gasteiger partial charge in [0.05, 0.1) is 11.6 Å². The smallest absolute Gasteiger partial charge is 0.314 e. The lowest BCUT2D eigenvalue weighted by Gasteiger charge is -2.34. The molecule has 0 saturated carbocycles. The average Bonchev–Trinajstić information content (AvgIpc) is 2.41. The average molecular weight is 294 g/mol. The number of nitrogens with one attached hydrogen (secondary N) is 1. The number of halogens is 5. The zero-order chi connectivity index (χ0) is 14.8. The Hall–Kier alpha value is -1.21. The van der Waals surface area contributed by atoms with E-state index in [-0.39, 0.29) is 5.56 Å². The normalized spacial score (nSPS) is 19.1. The highest BCUT2D eigenvalue weighted by Gasteiger charge is 2.33. The van der Waals surface area contributed by atoms with Gasteiger partial charge >= 0.3 is 6.18 Å². The van der Waals surface area contributed by atoms with Crippen LogP contribution in [0, 0.1) is 5.82 Å². The summed E-state index contributed by atoms with van der Waals surface area (Å²) in [5, 5.41) is 3.06. The molecule has 0 unspecified atom stereocenters. The lowest BCUT2D eigenvalue weighted by atomic mass is 10.0. The van der Waals surface area contributed by atoms with Crippen LogP contribution in [0.15, 0.2) is 18.2 Å². The molecule has 1 N–H and O–H groups in total. The second-order valence-electron chi connectivity index (χ2n) is 4.69. The maximum Gasteiger partial charge on any atom is 0.416 e. The summed E-state index contributed by atoms with van der Waals surface area (Å²) < 4.78 is 65.0. The fourth-order valence-corrected chi connectivity index (χ4v) is 2.35. The molecule has 1 aliphatic rings. The van der Waals surface area contributed by atoms with Crippen molar-refractivity contribution < 1.29 is 22.0 Å². The van der Waals surface area contributed by atoms with Crippen molar-refractivity contribution >= 4 is 0 Å². The highest BCUT2D eigenvalue weighted by Crippen LogP contribution is 2.33. The number of benzene rings is 1. The van der Waals surface area contributed by atoms with E-state index in [9.17, 15) is 22.0 Å². The molecule has 1 fully saturated rings. The third-order valence-electron chi connectivity index (χ3n) is 3.42. The van der Waals surface area contributed by atoms with Gasteiger partial charge in [-0.25, -0.2) is 8.78 Å². The molecule has 20 heavy (non-hydrogen) atoms. The molecule has 1 aromatic rings. The van der Waals surface area contributed by atoms with E-state index in [1.807, 2.05) is 0 Å². The van der Waals surface area contributed by atoms with Gasteiger partial charge in [0.1, 0.15) is 12.5 Å². The second-order valence-corrected chi connectivity index (χ2v) is 4.69. The summed E-state index contributed by atoms with van der Waals surface area (Å²) in [5.74, 6) is -0.806. The van der Waals surface area contributed by atoms with Crippen LogP contribution in [0.25, 0.3) is 0 Å². The van der Waals surface area contributed by atoms with Crippen molar-refractivity contribution in [1.82, 2.24) is 10.2 Å². The van der Waals surface area contributed by atoms with Gasteiger partial charge < -0.3 is 5.32 Å². The number of alkyl halides is 4. The molecule has 1 aromatic carbocycles. The number of rotatable bonds is 3. The molecule has 0 amide bonds. The summed E-state index contributed by atoms with van der Waals surface area (Å²) >= 11 is 0. The molecule has 112 valence electrons. The second kappa shape index (κ2) is 6.05. The van der Waals surface area contributed by atoms with Gasteiger partial charge in [-0.1, -0.05) is 0 Å². The van der Waals surface area contributed by atoms with Gasteiger partial charge in [-0.3, -0.25) is 4.90 Å². The Morgan fingerprint density at radius 1 is 1.20 bits per heavy atom. The molecule has 1 aliphatic heterocycles. The van der Waals surface area contributed by atoms with Crippen molar-refractivity contribution in [3.05, 3.63) is 35.1 Å². The Kier molecular flexibility index (Phi) is 4.59. The van der Waals surface area contributed by atoms with Crippen LogP contribution in [-0.2, 0) is 6.18 Å². The lowest BCUT2D eigenvalue weighted by molar-refractivity contribution is -0.137. The van der Waals surface area contributed by atoms with Crippen LogP contribution in [-0.4, -0.2) is 37.8 Å². The molecule has 0 aliphatic carbocycles. The van der Waals surface area contributed by atoms with Crippen molar-refractivity contribution in [3.8, 4) is 0 Å². The van der Waals surface area contributed by atoms with Gasteiger partial charge in [0.25, 0.3) is 0 Å². The molecule has 1 atom stereocenters. The monoisotopic (exact) mass is 294 g/mol. The standard InChI is InChI=1S/C13H15F5N2/c14-8-12(20-5-3-19-4-6-20)10-7-9(13(16,17)18)1-2-11(10)15/h1-2,7,12,19H,3-6,8H2/t12-/m0/s1. The molecule has 1 heterocycles. The van der Waals surface area contributed by atoms with Gasteiger partial charge in [0.2, 0.25) is 0 Å². The van der Waals surface area contributed by atoms with E-state index in [1.54, 1.807) is 4.90 Å². The molecule has 2 nitrogen and oxygen atoms in total. The van der Waals surface area contributed by atoms with Crippen molar-refractivity contribution in [2.24, 2.45) is 0 Å². The summed E-state index contributed by atoms with van der Waals surface area (Å²) in [7, 11) is 0. The molecule has 2 rings (SSSR count). The predicted molar refractivity (Wildman–Crippen MR) is 64.6 cm³/mol. The largest absolute Gasteiger partial charge is 0.416 e. The molecule has 0 bridgehead atoms. The molecule has 0 spiro atoms. The molecule has 1 saturated heterocycles. The minimum atomic E-state index is -4.56. The van der Waals surface area contributed by atoms with E-state index >= 15 is 0 Å². The first-order valence-corrected chi connectivity index (χ1v) is 6.31. The van der Waals surface area contributed by atoms with Crippen LogP contribution in [0.3, 0.4) is 0 Å². The first-order valence-electron chi connectivity index (χ1n) is 6.31. The Morgan fingerprint density at radius 3 is 2.40 bits per heavy atom. The molecule has 0 aromatic heterocycles. The summed E-state index contributed by atoms with van der Waals surface area (Å²) in [6, 6.07) is 1.16. The summed E-state index contributed by atoms with van der Waals surface area (Å²) in [4.78, 5) is 1.66. The van der Waals surface area contributed by atoms with Crippen molar-refractivity contribution in [2.45, 2.75) is 12.2 Å². The van der Waals surface area contributed by atoms with E-state index in [0.717, 1.165) is 6.07 Å². The molecular weight excluding hydrogens is 279 g/mol. The van der Waals surface area contributed by atoms with Gasteiger partial charge in [0.15, 0.2) is 0 Å². The Morgan fingerprint density at radius 2 is 1.85 bits per heavy atom. The number of hydrogen-bond acceptors (Lipinski definition) is 2. The van der Waals surface area contributed by atoms with Crippen LogP contribution in [0.5, 0.6) is 0 Å². The lowest BCUT2D eigenvalue weighted by Crippen LogP contribution is -2.45. The Balaban J connectivity index is 2.32. The van der Waals surface area contributed by atoms with Crippen LogP contribution < -0.4 is 5.32 Å². The summed E-state index contributed by atoms with van der Waals surface area (Å²) in [5.41, 5.74) is -1.19. The summed E-state index contributed by atoms with van der Waals surface area (Å²) in [6.45, 7) is 1.25. The first kappa shape index (κ1) is 15.2. The van der Waals surface area contributed by atoms with Crippen molar-refractivity contribution in [2.75, 3.05) is 32.9 Å². The zero-order valence-corrected chi connectivity index (χ0v) is 10.7. The fourth-order valence-electron chi connectivity index (χ4n) is 2.35. The minimum Gasteiger partial charge on any atom is -0.314 e. The van der Waals surface area contributed by atoms with Crippen LogP contribution in [0.1, 0.15) is 17.2 Å². The molecule has 0 radical (unpaired) electrons. The summed E-state index contributed by atoms with van der Waals surface area (Å²) in [6.07, 6.45) is -4.56. The van der Waals surface area contributed by atoms with Crippen molar-refractivity contribution in [1.29, 1.82) is 0 Å². The first-order chi connectivity index (χ1) is 9.43. The highest BCUT2D eigenvalue weighted by molar-refractivity contribution is 5.29. The highest BCUT2D eigenvalue weighted by atomic mass is 19.4. The van der Waals surface area contributed by atoms with Crippen LogP contribution in [0.4, 0.5) is 22.0 Å². The third-order valence-corrected chi connectivity index (χ3v) is 3.42. The van der Waals surface area contributed by atoms with Gasteiger partial charge in [-0.15, -0.1) is 0 Å². The van der Waals surface area contributed by atoms with Gasteiger partial charge in [0, 0.05) is 31.7 Å². The van der Waals surface area contributed by atoms with E-state index in [1.165, 1.54) is 0 Å². The molecular formula is C13H15F5N2. The van der Waals surface area contributed by atoms with Crippen molar-refractivity contribution in [3.63, 3.8) is 0 Å². The zero-order valence-electron chi connectivity index (χ0n) is 10.7. The molecule has 7 heteroatoms. The van der Waals surface area contributed by atoms with E-state index in [2.05, 4.69) is 5.32 Å². The Bertz CT molecular complexity index is 455. The van der Waals surface area contributed by atoms with E-state index < -0.39 is 30.3 Å². The topological polar surface area (TPSA) is 15.3 Å². The number of hydrogen-bond donors (Lipinski definition) is 1. The van der Waals surface area contributed by atoms with Gasteiger partial charge in [-0.2, -0.15) is 13.2 Å². The van der Waals surface area contributed by atoms with Crippen LogP contribution >= 0.6 is 0 Å². The van der Waals surface area contributed by atoms with E-state index in [4.69, 9.17) is 0 Å². The Labute approximate surface area is 113 Å². The fraction of sp³-hybridized carbons (Fsp3) is 0.538. The van der Waals surface area contributed by atoms with Gasteiger partial charge in [-0.05, 0) is 18.2 Å². The number of nitrogens with zero attached hydrogens (tertiary/aromatic N) is 1. The van der Waals surface area contributed by atoms with Crippen LogP contribution in [0.2, 0.25) is 0 Å². The maximum atomic E-state index is 13.8. The number of piperazine rings is 1. The minimum absolute atomic E-state index is 0.232. The van der Waals surface area contributed by atoms with E-state index in [0.29, 0.717) is 38.3 Å².